The quantitative estimate of drug-likeness (QED) is 0.132. The van der Waals surface area contributed by atoms with Crippen LogP contribution in [0.15, 0.2) is 58.7 Å². The fourth-order valence-corrected chi connectivity index (χ4v) is 6.98. The molecule has 0 aliphatic heterocycles. The van der Waals surface area contributed by atoms with Gasteiger partial charge in [0, 0.05) is 16.5 Å². The second-order valence-electron chi connectivity index (χ2n) is 11.1. The van der Waals surface area contributed by atoms with Crippen LogP contribution in [0, 0.1) is 11.8 Å². The molecule has 3 aliphatic rings. The number of benzene rings is 2. The zero-order valence-corrected chi connectivity index (χ0v) is 25.8. The molecule has 5 rings (SSSR count). The largest absolute Gasteiger partial charge is 0.744 e. The van der Waals surface area contributed by atoms with Crippen LogP contribution in [0.25, 0.3) is 11.3 Å². The van der Waals surface area contributed by atoms with E-state index in [1.807, 2.05) is 0 Å². The van der Waals surface area contributed by atoms with Gasteiger partial charge in [-0.1, -0.05) is 18.2 Å². The van der Waals surface area contributed by atoms with E-state index in [4.69, 9.17) is 27.5 Å². The monoisotopic (exact) mass is 694 g/mol. The Morgan fingerprint density at radius 1 is 1.04 bits per heavy atom. The lowest BCUT2D eigenvalue weighted by atomic mass is 9.55. The number of primary amides is 1. The lowest BCUT2D eigenvalue weighted by Crippen LogP contribution is -3.13. The highest BCUT2D eigenvalue weighted by atomic mass is 35.5. The van der Waals surface area contributed by atoms with Crippen molar-refractivity contribution >= 4 is 56.5 Å². The number of nitrogens with one attached hydrogen (secondary N) is 1. The van der Waals surface area contributed by atoms with Crippen molar-refractivity contribution in [3.8, 4) is 11.5 Å². The van der Waals surface area contributed by atoms with Crippen molar-refractivity contribution in [3.63, 3.8) is 0 Å². The van der Waals surface area contributed by atoms with Gasteiger partial charge < -0.3 is 50.9 Å². The molecule has 0 heterocycles. The van der Waals surface area contributed by atoms with E-state index in [0.29, 0.717) is 11.0 Å². The number of carbonyl (C=O) groups is 4. The summed E-state index contributed by atoms with van der Waals surface area (Å²) in [4.78, 5) is 48.8. The van der Waals surface area contributed by atoms with Crippen molar-refractivity contribution in [3.05, 3.63) is 75.5 Å². The van der Waals surface area contributed by atoms with E-state index in [9.17, 15) is 57.7 Å². The molecule has 0 aromatic heterocycles. The summed E-state index contributed by atoms with van der Waals surface area (Å²) in [6, 6.07) is 3.46. The molecule has 0 unspecified atom stereocenters. The summed E-state index contributed by atoms with van der Waals surface area (Å²) in [5.74, 6) is -11.1. The van der Waals surface area contributed by atoms with E-state index in [1.54, 1.807) is 0 Å². The number of nitrogens with two attached hydrogens (primary N) is 1. The van der Waals surface area contributed by atoms with Gasteiger partial charge >= 0.3 is 5.97 Å². The number of amides is 1. The van der Waals surface area contributed by atoms with Gasteiger partial charge in [-0.25, -0.2) is 13.2 Å². The number of fused-ring (bicyclic) bond motifs is 3. The number of phenolic OH excluding ortho intramolecular Hbond substituents is 1. The first-order valence-electron chi connectivity index (χ1n) is 13.3. The van der Waals surface area contributed by atoms with Crippen LogP contribution >= 0.6 is 11.6 Å². The van der Waals surface area contributed by atoms with Crippen LogP contribution in [0.5, 0.6) is 11.5 Å². The highest BCUT2D eigenvalue weighted by molar-refractivity contribution is 7.85. The van der Waals surface area contributed by atoms with Crippen LogP contribution < -0.4 is 10.6 Å². The summed E-state index contributed by atoms with van der Waals surface area (Å²) in [5, 5.41) is 72.5. The lowest BCUT2D eigenvalue weighted by molar-refractivity contribution is -0.881. The Kier molecular flexibility index (Phi) is 8.80. The van der Waals surface area contributed by atoms with E-state index >= 15 is 0 Å². The van der Waals surface area contributed by atoms with Gasteiger partial charge in [-0.3, -0.25) is 14.4 Å². The highest BCUT2D eigenvalue weighted by Crippen LogP contribution is 2.55. The second-order valence-corrected chi connectivity index (χ2v) is 12.9. The average molecular weight is 695 g/mol. The van der Waals surface area contributed by atoms with Crippen molar-refractivity contribution < 1.29 is 72.8 Å². The number of Topliss-reactive ketones (excluding diaryl/α,β-unsaturated/α-hetero) is 2. The molecule has 0 spiro atoms. The van der Waals surface area contributed by atoms with E-state index in [-0.39, 0.29) is 21.7 Å². The standard InChI is InChI=1S/C22H21ClN2O8.C7H6O6S/c1-6-9-7(23)4-5-8(26)11(9)16(27)12-10(6)17(28)14-15(25(2)3)18(29)13(21(24)32)20(31)22(14,33)19(12)30;8-6-2-1-4(14(11,12)13)3-5(6)7(9)10/h4-5,10,14-15,17,26-28,31,33H,1H2,2-3H3,(H2,24,32);1-3,8H,(H,9,10)(H,11,12,13)/t10-,14-,15+,17+,22+;/m1./s1. The van der Waals surface area contributed by atoms with Crippen molar-refractivity contribution in [1.82, 2.24) is 0 Å². The van der Waals surface area contributed by atoms with Gasteiger partial charge in [-0.05, 0) is 35.9 Å². The number of aromatic carboxylic acids is 1. The fourth-order valence-electron chi connectivity index (χ4n) is 6.20. The highest BCUT2D eigenvalue weighted by Gasteiger charge is 2.69. The zero-order chi connectivity index (χ0) is 35.7. The number of phenols is 2. The van der Waals surface area contributed by atoms with E-state index in [2.05, 4.69) is 6.58 Å². The van der Waals surface area contributed by atoms with Gasteiger partial charge in [0.2, 0.25) is 11.6 Å². The van der Waals surface area contributed by atoms with E-state index in [0.717, 1.165) is 12.1 Å². The predicted octanol–water partition coefficient (Wildman–Crippen LogP) is -1.36. The number of aliphatic hydroxyl groups excluding tert-OH is 3. The first kappa shape index (κ1) is 35.1. The Morgan fingerprint density at radius 2 is 1.62 bits per heavy atom. The summed E-state index contributed by atoms with van der Waals surface area (Å²) in [6.07, 6.45) is -1.73. The van der Waals surface area contributed by atoms with Crippen LogP contribution in [0.1, 0.15) is 21.5 Å². The number of ketones is 2. The number of rotatable bonds is 4. The van der Waals surface area contributed by atoms with Crippen LogP contribution in [-0.4, -0.2) is 104 Å². The molecule has 47 heavy (non-hydrogen) atoms. The molecule has 0 bridgehead atoms. The van der Waals surface area contributed by atoms with Crippen molar-refractivity contribution in [2.24, 2.45) is 17.6 Å². The molecule has 2 aromatic rings. The van der Waals surface area contributed by atoms with Gasteiger partial charge in [0.25, 0.3) is 5.91 Å². The van der Waals surface area contributed by atoms with Gasteiger partial charge in [0.15, 0.2) is 11.6 Å². The molecule has 16 nitrogen and oxygen atoms in total. The van der Waals surface area contributed by atoms with Crippen LogP contribution in [0.4, 0.5) is 0 Å². The first-order valence-corrected chi connectivity index (χ1v) is 15.1. The number of halogens is 1. The third-order valence-electron chi connectivity index (χ3n) is 8.26. The predicted molar refractivity (Wildman–Crippen MR) is 158 cm³/mol. The Hall–Kier alpha value is -4.78. The number of carbonyl (C=O) groups excluding carboxylic acids is 3. The minimum Gasteiger partial charge on any atom is -0.744 e. The molecule has 5 atom stereocenters. The Bertz CT molecular complexity index is 1970. The maximum absolute atomic E-state index is 13.7. The number of aliphatic hydroxyl groups is 4. The second kappa shape index (κ2) is 11.8. The fraction of sp³-hybridized carbons (Fsp3) is 0.241. The molecule has 0 saturated heterocycles. The van der Waals surface area contributed by atoms with Crippen molar-refractivity contribution in [2.45, 2.75) is 22.6 Å². The molecular weight excluding hydrogens is 668 g/mol. The van der Waals surface area contributed by atoms with Crippen LogP contribution in [0.2, 0.25) is 5.02 Å². The number of likely N-dealkylation sites (N-methyl/N-ethyl adjacent to an activating group) is 1. The number of carboxylic acids is 1. The molecule has 0 radical (unpaired) electrons. The molecule has 2 aromatic carbocycles. The number of hydrogen-bond acceptors (Lipinski definition) is 13. The molecule has 10 N–H and O–H groups in total. The number of carboxylic acid groups (broad SMARTS) is 1. The average Bonchev–Trinajstić information content (AvgIpc) is 2.95. The molecule has 1 amide bonds. The van der Waals surface area contributed by atoms with E-state index in [1.165, 1.54) is 26.2 Å². The van der Waals surface area contributed by atoms with Gasteiger partial charge in [-0.2, -0.15) is 0 Å². The molecule has 250 valence electrons. The maximum atomic E-state index is 13.7. The number of aromatic hydroxyl groups is 2. The topological polar surface area (TPSA) is 298 Å². The summed E-state index contributed by atoms with van der Waals surface area (Å²) in [7, 11) is -1.69. The minimum atomic E-state index is -4.70. The van der Waals surface area contributed by atoms with Crippen LogP contribution in [-0.2, 0) is 24.5 Å². The Morgan fingerprint density at radius 3 is 2.13 bits per heavy atom. The van der Waals surface area contributed by atoms with Gasteiger partial charge in [0.05, 0.1) is 42.1 Å². The molecule has 1 saturated carbocycles. The summed E-state index contributed by atoms with van der Waals surface area (Å²) in [6.45, 7) is 3.90. The molecule has 3 aliphatic carbocycles. The van der Waals surface area contributed by atoms with Crippen molar-refractivity contribution in [2.75, 3.05) is 14.1 Å². The summed E-state index contributed by atoms with van der Waals surface area (Å²) >= 11 is 6.26. The van der Waals surface area contributed by atoms with Gasteiger partial charge in [0.1, 0.15) is 44.3 Å². The molecule has 18 heteroatoms. The first-order chi connectivity index (χ1) is 21.6. The van der Waals surface area contributed by atoms with Crippen LogP contribution in [0.3, 0.4) is 0 Å². The van der Waals surface area contributed by atoms with Gasteiger partial charge in [-0.15, -0.1) is 0 Å². The SMILES string of the molecule is C=C1c2c(Cl)ccc(O)c2C(O)=C2C(=O)[C@]3(O)C(O)=C(C(N)=O)C(=O)[C@@H]([NH+](C)C)[C@@H]3[C@@H](O)[C@H]12.O=C(O)c1cc(S(=O)(=O)[O-])ccc1O. The molecule has 1 fully saturated rings. The summed E-state index contributed by atoms with van der Waals surface area (Å²) in [5.41, 5.74) is 0.0925. The minimum absolute atomic E-state index is 0.0609. The zero-order valence-electron chi connectivity index (χ0n) is 24.3. The Balaban J connectivity index is 0.000000300. The molecular formula is C29H27ClN2O14S. The van der Waals surface area contributed by atoms with E-state index < -0.39 is 108 Å². The van der Waals surface area contributed by atoms with Crippen molar-refractivity contribution in [1.29, 1.82) is 0 Å². The number of quaternary nitrogens is 1. The lowest BCUT2D eigenvalue weighted by Gasteiger charge is -2.51. The Labute approximate surface area is 270 Å². The number of hydrogen-bond donors (Lipinski definition) is 9. The normalized spacial score (nSPS) is 25.5. The maximum Gasteiger partial charge on any atom is 0.339 e. The summed E-state index contributed by atoms with van der Waals surface area (Å²) < 4.78 is 31.5. The third kappa shape index (κ3) is 5.32. The smallest absolute Gasteiger partial charge is 0.339 e. The third-order valence-corrected chi connectivity index (χ3v) is 9.40.